The third kappa shape index (κ3) is 2.01. The molecule has 0 aliphatic carbocycles. The summed E-state index contributed by atoms with van der Waals surface area (Å²) in [7, 11) is 0. The summed E-state index contributed by atoms with van der Waals surface area (Å²) in [4.78, 5) is 0. The van der Waals surface area contributed by atoms with Gasteiger partial charge in [-0.2, -0.15) is 0 Å². The fourth-order valence-corrected chi connectivity index (χ4v) is 2.92. The predicted molar refractivity (Wildman–Crippen MR) is 39.1 cm³/mol. The average molecular weight is 367 g/mol. The van der Waals surface area contributed by atoms with Crippen molar-refractivity contribution in [1.82, 2.24) is 0 Å². The standard InChI is InChI=1S/C6H3F2I2/c7-5-2-1-4(10-9)3-6(5)8/h1-3H/q-1. The Bertz CT molecular complexity index is 237. The molecule has 56 valence electrons. The Kier molecular flexibility index (Phi) is 3.28. The Morgan fingerprint density at radius 1 is 1.20 bits per heavy atom. The van der Waals surface area contributed by atoms with Crippen LogP contribution < -0.4 is 17.2 Å². The Hall–Kier alpha value is 0.540. The van der Waals surface area contributed by atoms with Crippen molar-refractivity contribution in [1.29, 1.82) is 0 Å². The summed E-state index contributed by atoms with van der Waals surface area (Å²) >= 11 is 2.05. The molecule has 1 rings (SSSR count). The molecule has 0 aromatic heterocycles. The van der Waals surface area contributed by atoms with E-state index in [9.17, 15) is 8.78 Å². The fourth-order valence-electron chi connectivity index (χ4n) is 0.515. The molecule has 0 bridgehead atoms. The number of halogens is 4. The van der Waals surface area contributed by atoms with Gasteiger partial charge in [0.1, 0.15) is 0 Å². The summed E-state index contributed by atoms with van der Waals surface area (Å²) in [5.74, 6) is -1.51. The van der Waals surface area contributed by atoms with E-state index in [1.54, 1.807) is 6.07 Å². The third-order valence-electron chi connectivity index (χ3n) is 0.964. The van der Waals surface area contributed by atoms with Crippen LogP contribution in [0.3, 0.4) is 0 Å². The van der Waals surface area contributed by atoms with Crippen molar-refractivity contribution in [3.05, 3.63) is 33.4 Å². The van der Waals surface area contributed by atoms with Crippen molar-refractivity contribution < 1.29 is 26.0 Å². The average Bonchev–Trinajstić information content (AvgIpc) is 1.95. The number of hydrogen-bond acceptors (Lipinski definition) is 0. The van der Waals surface area contributed by atoms with Gasteiger partial charge in [0, 0.05) is 0 Å². The van der Waals surface area contributed by atoms with Crippen LogP contribution in [0, 0.1) is 15.2 Å². The maximum absolute atomic E-state index is 12.4. The van der Waals surface area contributed by atoms with Gasteiger partial charge in [0.25, 0.3) is 0 Å². The van der Waals surface area contributed by atoms with E-state index < -0.39 is 11.6 Å². The van der Waals surface area contributed by atoms with Crippen LogP contribution in [-0.2, 0) is 0 Å². The first kappa shape index (κ1) is 8.63. The van der Waals surface area contributed by atoms with Crippen LogP contribution in [0.1, 0.15) is 0 Å². The first-order valence-corrected chi connectivity index (χ1v) is 9.81. The van der Waals surface area contributed by atoms with Gasteiger partial charge < -0.3 is 0 Å². The van der Waals surface area contributed by atoms with Crippen molar-refractivity contribution in [3.63, 3.8) is 0 Å². The van der Waals surface area contributed by atoms with Gasteiger partial charge in [0.2, 0.25) is 0 Å². The zero-order valence-electron chi connectivity index (χ0n) is 4.74. The number of rotatable bonds is 1. The van der Waals surface area contributed by atoms with Gasteiger partial charge in [0.15, 0.2) is 0 Å². The second-order valence-electron chi connectivity index (χ2n) is 1.63. The van der Waals surface area contributed by atoms with E-state index >= 15 is 0 Å². The first-order chi connectivity index (χ1) is 4.74. The molecule has 1 aromatic rings. The summed E-state index contributed by atoms with van der Waals surface area (Å²) in [6.07, 6.45) is 0. The molecule has 0 fully saturated rings. The van der Waals surface area contributed by atoms with Crippen LogP contribution in [0.5, 0.6) is 0 Å². The molecular formula is C6H3F2I2-. The van der Waals surface area contributed by atoms with E-state index in [2.05, 4.69) is 18.6 Å². The van der Waals surface area contributed by atoms with Gasteiger partial charge in [-0.3, -0.25) is 0 Å². The third-order valence-corrected chi connectivity index (χ3v) is 5.26. The van der Waals surface area contributed by atoms with E-state index in [-0.39, 0.29) is 17.2 Å². The predicted octanol–water partition coefficient (Wildman–Crippen LogP) is -0.427. The van der Waals surface area contributed by atoms with Gasteiger partial charge in [0.05, 0.1) is 0 Å². The minimum atomic E-state index is -0.766. The summed E-state index contributed by atoms with van der Waals surface area (Å²) in [6.45, 7) is 0. The molecule has 0 spiro atoms. The van der Waals surface area contributed by atoms with Gasteiger partial charge in [-0.1, -0.05) is 0 Å². The van der Waals surface area contributed by atoms with Crippen molar-refractivity contribution in [2.45, 2.75) is 0 Å². The van der Waals surface area contributed by atoms with Crippen molar-refractivity contribution in [2.24, 2.45) is 0 Å². The van der Waals surface area contributed by atoms with Crippen LogP contribution in [0.25, 0.3) is 0 Å². The van der Waals surface area contributed by atoms with E-state index in [0.717, 1.165) is 3.57 Å². The normalized spacial score (nSPS) is 10.3. The zero-order valence-corrected chi connectivity index (χ0v) is 9.06. The molecule has 0 radical (unpaired) electrons. The van der Waals surface area contributed by atoms with Crippen molar-refractivity contribution in [2.75, 3.05) is 0 Å². The van der Waals surface area contributed by atoms with E-state index in [1.165, 1.54) is 12.1 Å². The maximum atomic E-state index is 12.4. The monoisotopic (exact) mass is 367 g/mol. The van der Waals surface area contributed by atoms with Crippen LogP contribution in [-0.4, -0.2) is 0 Å². The van der Waals surface area contributed by atoms with Gasteiger partial charge in [-0.15, -0.1) is 0 Å². The van der Waals surface area contributed by atoms with Crippen LogP contribution in [0.2, 0.25) is 0 Å². The molecule has 0 N–H and O–H groups in total. The minimum absolute atomic E-state index is 0.157. The molecule has 0 saturated carbocycles. The molecule has 0 amide bonds. The Morgan fingerprint density at radius 3 is 2.40 bits per heavy atom. The molecule has 0 aliphatic rings. The van der Waals surface area contributed by atoms with Crippen molar-refractivity contribution >= 4 is 18.6 Å². The second-order valence-corrected chi connectivity index (χ2v) is 6.02. The molecule has 10 heavy (non-hydrogen) atoms. The SMILES string of the molecule is Fc1ccc([I-]I)cc1F. The quantitative estimate of drug-likeness (QED) is 0.467. The van der Waals surface area contributed by atoms with Gasteiger partial charge in [-0.25, -0.2) is 0 Å². The molecule has 0 unspecified atom stereocenters. The van der Waals surface area contributed by atoms with E-state index in [0.29, 0.717) is 0 Å². The first-order valence-electron chi connectivity index (χ1n) is 2.45. The molecule has 0 aliphatic heterocycles. The summed E-state index contributed by atoms with van der Waals surface area (Å²) in [5.41, 5.74) is 0. The van der Waals surface area contributed by atoms with E-state index in [1.807, 2.05) is 0 Å². The Balaban J connectivity index is 3.04. The van der Waals surface area contributed by atoms with Crippen LogP contribution >= 0.6 is 18.6 Å². The Morgan fingerprint density at radius 2 is 1.90 bits per heavy atom. The van der Waals surface area contributed by atoms with Crippen molar-refractivity contribution in [3.8, 4) is 0 Å². The fraction of sp³-hybridized carbons (Fsp3) is 0. The molecule has 1 aromatic carbocycles. The molecule has 0 heterocycles. The summed E-state index contributed by atoms with van der Waals surface area (Å²) < 4.78 is 25.6. The van der Waals surface area contributed by atoms with Crippen LogP contribution in [0.15, 0.2) is 18.2 Å². The number of hydrogen-bond donors (Lipinski definition) is 0. The molecule has 0 nitrogen and oxygen atoms in total. The second kappa shape index (κ2) is 3.80. The summed E-state index contributed by atoms with van der Waals surface area (Å²) in [5, 5.41) is 0. The molecule has 4 heteroatoms. The van der Waals surface area contributed by atoms with Gasteiger partial charge in [-0.05, 0) is 0 Å². The van der Waals surface area contributed by atoms with Crippen LogP contribution in [0.4, 0.5) is 8.78 Å². The Labute approximate surface area is 77.4 Å². The topological polar surface area (TPSA) is 0 Å². The molecule has 0 saturated heterocycles. The molecular weight excluding hydrogens is 364 g/mol. The number of benzene rings is 1. The van der Waals surface area contributed by atoms with E-state index in [4.69, 9.17) is 0 Å². The van der Waals surface area contributed by atoms with Gasteiger partial charge >= 0.3 is 78.0 Å². The summed E-state index contributed by atoms with van der Waals surface area (Å²) in [6, 6.07) is 4.05. The zero-order chi connectivity index (χ0) is 7.56. The molecule has 0 atom stereocenters.